The lowest BCUT2D eigenvalue weighted by Crippen LogP contribution is -2.06. The molecule has 0 bridgehead atoms. The molecule has 2 aromatic rings. The van der Waals surface area contributed by atoms with Crippen LogP contribution in [0.4, 0.5) is 0 Å². The standard InChI is InChI=1S/C15H18O2/c1-10(2)15(16)13-8-9-14(17-3)12-7-5-4-6-11(12)13/h4-10,15-16H,1-3H3. The number of aliphatic hydroxyl groups is 1. The summed E-state index contributed by atoms with van der Waals surface area (Å²) >= 11 is 0. The molecule has 0 fully saturated rings. The lowest BCUT2D eigenvalue weighted by atomic mass is 9.94. The number of methoxy groups -OCH3 is 1. The molecule has 2 aromatic carbocycles. The molecule has 0 aromatic heterocycles. The van der Waals surface area contributed by atoms with Crippen LogP contribution in [-0.4, -0.2) is 12.2 Å². The van der Waals surface area contributed by atoms with Gasteiger partial charge in [0.25, 0.3) is 0 Å². The van der Waals surface area contributed by atoms with Crippen LogP contribution in [0, 0.1) is 5.92 Å². The van der Waals surface area contributed by atoms with E-state index in [1.54, 1.807) is 7.11 Å². The average Bonchev–Trinajstić information content (AvgIpc) is 2.36. The van der Waals surface area contributed by atoms with Gasteiger partial charge in [-0.1, -0.05) is 44.2 Å². The first-order valence-corrected chi connectivity index (χ1v) is 5.89. The highest BCUT2D eigenvalue weighted by Crippen LogP contribution is 2.33. The fraction of sp³-hybridized carbons (Fsp3) is 0.333. The Bertz CT molecular complexity index is 517. The van der Waals surface area contributed by atoms with Crippen LogP contribution >= 0.6 is 0 Å². The van der Waals surface area contributed by atoms with E-state index in [1.165, 1.54) is 0 Å². The molecule has 17 heavy (non-hydrogen) atoms. The predicted molar refractivity (Wildman–Crippen MR) is 70.3 cm³/mol. The molecule has 2 rings (SSSR count). The largest absolute Gasteiger partial charge is 0.496 e. The summed E-state index contributed by atoms with van der Waals surface area (Å²) in [6.07, 6.45) is -0.439. The summed E-state index contributed by atoms with van der Waals surface area (Å²) in [5.74, 6) is 1.05. The van der Waals surface area contributed by atoms with Crippen molar-refractivity contribution in [2.24, 2.45) is 5.92 Å². The Kier molecular flexibility index (Phi) is 3.34. The molecule has 0 aliphatic carbocycles. The van der Waals surface area contributed by atoms with E-state index in [-0.39, 0.29) is 5.92 Å². The zero-order chi connectivity index (χ0) is 12.4. The molecule has 0 heterocycles. The summed E-state index contributed by atoms with van der Waals surface area (Å²) in [6.45, 7) is 4.04. The molecular formula is C15H18O2. The summed E-state index contributed by atoms with van der Waals surface area (Å²) in [7, 11) is 1.67. The molecule has 2 heteroatoms. The fourth-order valence-electron chi connectivity index (χ4n) is 2.09. The van der Waals surface area contributed by atoms with Crippen molar-refractivity contribution >= 4 is 10.8 Å². The lowest BCUT2D eigenvalue weighted by molar-refractivity contribution is 0.128. The van der Waals surface area contributed by atoms with Crippen LogP contribution in [-0.2, 0) is 0 Å². The molecule has 1 atom stereocenters. The van der Waals surface area contributed by atoms with Crippen molar-refractivity contribution in [2.75, 3.05) is 7.11 Å². The first-order valence-electron chi connectivity index (χ1n) is 5.89. The van der Waals surface area contributed by atoms with E-state index in [2.05, 4.69) is 0 Å². The minimum atomic E-state index is -0.439. The Balaban J connectivity index is 2.66. The van der Waals surface area contributed by atoms with Gasteiger partial charge in [-0.05, 0) is 22.9 Å². The van der Waals surface area contributed by atoms with Crippen LogP contribution in [0.5, 0.6) is 5.75 Å². The van der Waals surface area contributed by atoms with Gasteiger partial charge in [0.15, 0.2) is 0 Å². The van der Waals surface area contributed by atoms with Gasteiger partial charge < -0.3 is 9.84 Å². The van der Waals surface area contributed by atoms with E-state index >= 15 is 0 Å². The minimum absolute atomic E-state index is 0.201. The fourth-order valence-corrected chi connectivity index (χ4v) is 2.09. The van der Waals surface area contributed by atoms with Crippen molar-refractivity contribution in [3.8, 4) is 5.75 Å². The molecule has 0 saturated carbocycles. The Labute approximate surface area is 102 Å². The van der Waals surface area contributed by atoms with Gasteiger partial charge in [-0.2, -0.15) is 0 Å². The van der Waals surface area contributed by atoms with Gasteiger partial charge in [0.2, 0.25) is 0 Å². The van der Waals surface area contributed by atoms with Crippen LogP contribution in [0.2, 0.25) is 0 Å². The molecule has 2 nitrogen and oxygen atoms in total. The minimum Gasteiger partial charge on any atom is -0.496 e. The monoisotopic (exact) mass is 230 g/mol. The average molecular weight is 230 g/mol. The molecular weight excluding hydrogens is 212 g/mol. The molecule has 0 aliphatic rings. The third kappa shape index (κ3) is 2.13. The number of rotatable bonds is 3. The Hall–Kier alpha value is -1.54. The maximum absolute atomic E-state index is 10.2. The number of aliphatic hydroxyl groups excluding tert-OH is 1. The molecule has 0 saturated heterocycles. The summed E-state index contributed by atoms with van der Waals surface area (Å²) in [4.78, 5) is 0. The predicted octanol–water partition coefficient (Wildman–Crippen LogP) is 3.54. The van der Waals surface area contributed by atoms with Crippen LogP contribution < -0.4 is 4.74 Å². The van der Waals surface area contributed by atoms with Gasteiger partial charge in [0.05, 0.1) is 13.2 Å². The highest BCUT2D eigenvalue weighted by molar-refractivity contribution is 5.91. The lowest BCUT2D eigenvalue weighted by Gasteiger charge is -2.18. The number of hydrogen-bond acceptors (Lipinski definition) is 2. The Morgan fingerprint density at radius 1 is 1.00 bits per heavy atom. The third-order valence-corrected chi connectivity index (χ3v) is 3.09. The molecule has 90 valence electrons. The van der Waals surface area contributed by atoms with Gasteiger partial charge >= 0.3 is 0 Å². The molecule has 0 aliphatic heterocycles. The van der Waals surface area contributed by atoms with Crippen molar-refractivity contribution in [2.45, 2.75) is 20.0 Å². The highest BCUT2D eigenvalue weighted by Gasteiger charge is 2.16. The summed E-state index contributed by atoms with van der Waals surface area (Å²) in [5.41, 5.74) is 0.969. The smallest absolute Gasteiger partial charge is 0.126 e. The molecule has 0 radical (unpaired) electrons. The van der Waals surface area contributed by atoms with E-state index < -0.39 is 6.10 Å². The Morgan fingerprint density at radius 3 is 2.24 bits per heavy atom. The second-order valence-corrected chi connectivity index (χ2v) is 4.59. The van der Waals surface area contributed by atoms with E-state index in [0.29, 0.717) is 0 Å². The number of ether oxygens (including phenoxy) is 1. The Morgan fingerprint density at radius 2 is 1.65 bits per heavy atom. The molecule has 1 N–H and O–H groups in total. The normalized spacial score (nSPS) is 13.0. The summed E-state index contributed by atoms with van der Waals surface area (Å²) in [6, 6.07) is 11.9. The van der Waals surface area contributed by atoms with E-state index in [9.17, 15) is 5.11 Å². The van der Waals surface area contributed by atoms with Crippen molar-refractivity contribution in [3.05, 3.63) is 42.0 Å². The quantitative estimate of drug-likeness (QED) is 0.874. The van der Waals surface area contributed by atoms with Crippen molar-refractivity contribution in [1.29, 1.82) is 0 Å². The second-order valence-electron chi connectivity index (χ2n) is 4.59. The number of fused-ring (bicyclic) bond motifs is 1. The topological polar surface area (TPSA) is 29.5 Å². The van der Waals surface area contributed by atoms with Crippen LogP contribution in [0.15, 0.2) is 36.4 Å². The second kappa shape index (κ2) is 4.76. The molecule has 0 amide bonds. The SMILES string of the molecule is COc1ccc(C(O)C(C)C)c2ccccc12. The zero-order valence-corrected chi connectivity index (χ0v) is 10.5. The maximum Gasteiger partial charge on any atom is 0.126 e. The molecule has 0 spiro atoms. The maximum atomic E-state index is 10.2. The van der Waals surface area contributed by atoms with Crippen LogP contribution in [0.25, 0.3) is 10.8 Å². The van der Waals surface area contributed by atoms with Crippen molar-refractivity contribution in [1.82, 2.24) is 0 Å². The van der Waals surface area contributed by atoms with Crippen molar-refractivity contribution < 1.29 is 9.84 Å². The first-order chi connectivity index (χ1) is 8.15. The van der Waals surface area contributed by atoms with Gasteiger partial charge in [-0.15, -0.1) is 0 Å². The third-order valence-electron chi connectivity index (χ3n) is 3.09. The van der Waals surface area contributed by atoms with Gasteiger partial charge in [-0.25, -0.2) is 0 Å². The van der Waals surface area contributed by atoms with Gasteiger partial charge in [0.1, 0.15) is 5.75 Å². The van der Waals surface area contributed by atoms with Crippen molar-refractivity contribution in [3.63, 3.8) is 0 Å². The van der Waals surface area contributed by atoms with E-state index in [0.717, 1.165) is 22.1 Å². The molecule has 1 unspecified atom stereocenters. The summed E-state index contributed by atoms with van der Waals surface area (Å²) in [5, 5.41) is 12.3. The van der Waals surface area contributed by atoms with E-state index in [4.69, 9.17) is 4.74 Å². The number of benzene rings is 2. The summed E-state index contributed by atoms with van der Waals surface area (Å²) < 4.78 is 5.34. The first kappa shape index (κ1) is 11.9. The zero-order valence-electron chi connectivity index (χ0n) is 10.5. The van der Waals surface area contributed by atoms with E-state index in [1.807, 2.05) is 50.2 Å². The van der Waals surface area contributed by atoms with Crippen LogP contribution in [0.3, 0.4) is 0 Å². The van der Waals surface area contributed by atoms with Crippen LogP contribution in [0.1, 0.15) is 25.5 Å². The highest BCUT2D eigenvalue weighted by atomic mass is 16.5. The van der Waals surface area contributed by atoms with Gasteiger partial charge in [-0.3, -0.25) is 0 Å². The van der Waals surface area contributed by atoms with Gasteiger partial charge in [0, 0.05) is 5.39 Å². The number of hydrogen-bond donors (Lipinski definition) is 1.